The molecule has 0 bridgehead atoms. The number of nitriles is 1. The first-order valence-electron chi connectivity index (χ1n) is 6.17. The molecule has 5 nitrogen and oxygen atoms in total. The van der Waals surface area contributed by atoms with E-state index in [0.717, 1.165) is 4.47 Å². The minimum absolute atomic E-state index is 0.106. The van der Waals surface area contributed by atoms with Crippen LogP contribution in [0.2, 0.25) is 0 Å². The van der Waals surface area contributed by atoms with Crippen LogP contribution in [-0.4, -0.2) is 15.7 Å². The first-order chi connectivity index (χ1) is 9.99. The Hall–Kier alpha value is -2.20. The topological polar surface area (TPSA) is 70.7 Å². The number of hydrogen-bond acceptors (Lipinski definition) is 3. The number of carbonyl (C=O) groups excluding carboxylic acids is 1. The fourth-order valence-corrected chi connectivity index (χ4v) is 2.25. The molecule has 0 aliphatic heterocycles. The summed E-state index contributed by atoms with van der Waals surface area (Å²) in [7, 11) is 1.66. The van der Waals surface area contributed by atoms with Crippen LogP contribution in [0.1, 0.15) is 17.5 Å². The van der Waals surface area contributed by atoms with Gasteiger partial charge >= 0.3 is 0 Å². The van der Waals surface area contributed by atoms with E-state index < -0.39 is 0 Å². The van der Waals surface area contributed by atoms with Crippen LogP contribution in [0, 0.1) is 17.1 Å². The number of benzene rings is 1. The molecule has 0 aliphatic carbocycles. The molecule has 0 saturated carbocycles. The second-order valence-electron chi connectivity index (χ2n) is 4.46. The van der Waals surface area contributed by atoms with Crippen molar-refractivity contribution in [1.82, 2.24) is 9.78 Å². The molecular formula is C14H12BrFN4O. The van der Waals surface area contributed by atoms with Gasteiger partial charge in [0.2, 0.25) is 5.91 Å². The largest absolute Gasteiger partial charge is 0.308 e. The number of aromatic nitrogens is 2. The van der Waals surface area contributed by atoms with E-state index in [0.29, 0.717) is 11.1 Å². The van der Waals surface area contributed by atoms with Crippen molar-refractivity contribution < 1.29 is 9.18 Å². The smallest absolute Gasteiger partial charge is 0.225 e. The number of aryl methyl sites for hydroxylation is 2. The second-order valence-corrected chi connectivity index (χ2v) is 5.38. The molecule has 1 aromatic carbocycles. The van der Waals surface area contributed by atoms with E-state index in [-0.39, 0.29) is 30.4 Å². The van der Waals surface area contributed by atoms with E-state index >= 15 is 0 Å². The highest BCUT2D eigenvalue weighted by Crippen LogP contribution is 2.17. The van der Waals surface area contributed by atoms with E-state index in [1.54, 1.807) is 19.2 Å². The molecule has 2 rings (SSSR count). The highest BCUT2D eigenvalue weighted by Gasteiger charge is 2.12. The summed E-state index contributed by atoms with van der Waals surface area (Å²) in [4.78, 5) is 11.9. The number of halogens is 2. The third-order valence-electron chi connectivity index (χ3n) is 2.84. The van der Waals surface area contributed by atoms with Crippen LogP contribution >= 0.6 is 15.9 Å². The van der Waals surface area contributed by atoms with Crippen molar-refractivity contribution in [2.45, 2.75) is 12.8 Å². The number of nitrogens with zero attached hydrogens (tertiary/aromatic N) is 3. The van der Waals surface area contributed by atoms with Crippen molar-refractivity contribution in [3.63, 3.8) is 0 Å². The van der Waals surface area contributed by atoms with Gasteiger partial charge in [-0.3, -0.25) is 9.48 Å². The van der Waals surface area contributed by atoms with E-state index in [4.69, 9.17) is 5.26 Å². The molecule has 0 fully saturated rings. The zero-order chi connectivity index (χ0) is 15.4. The predicted octanol–water partition coefficient (Wildman–Crippen LogP) is 2.76. The van der Waals surface area contributed by atoms with Crippen molar-refractivity contribution in [2.75, 3.05) is 5.32 Å². The molecule has 0 saturated heterocycles. The molecule has 2 aromatic rings. The quantitative estimate of drug-likeness (QED) is 0.921. The maximum Gasteiger partial charge on any atom is 0.225 e. The fraction of sp³-hybridized carbons (Fsp3) is 0.214. The Balaban J connectivity index is 1.99. The van der Waals surface area contributed by atoms with E-state index in [1.807, 2.05) is 6.07 Å². The van der Waals surface area contributed by atoms with Crippen LogP contribution in [0.15, 0.2) is 28.9 Å². The van der Waals surface area contributed by atoms with E-state index in [9.17, 15) is 9.18 Å². The number of hydrogen-bond donors (Lipinski definition) is 1. The SMILES string of the molecule is Cn1cc(C#N)c(NC(=O)CCc2cc(Br)ccc2F)n1. The molecule has 0 unspecified atom stereocenters. The van der Waals surface area contributed by atoms with Gasteiger partial charge < -0.3 is 5.32 Å². The van der Waals surface area contributed by atoms with Gasteiger partial charge in [-0.2, -0.15) is 10.4 Å². The van der Waals surface area contributed by atoms with Crippen LogP contribution in [0.4, 0.5) is 10.2 Å². The summed E-state index contributed by atoms with van der Waals surface area (Å²) in [5.74, 6) is -0.439. The van der Waals surface area contributed by atoms with Gasteiger partial charge in [-0.05, 0) is 30.2 Å². The van der Waals surface area contributed by atoms with Crippen molar-refractivity contribution in [2.24, 2.45) is 7.05 Å². The molecule has 21 heavy (non-hydrogen) atoms. The highest BCUT2D eigenvalue weighted by atomic mass is 79.9. The van der Waals surface area contributed by atoms with Gasteiger partial charge in [-0.1, -0.05) is 15.9 Å². The molecule has 0 aliphatic rings. The monoisotopic (exact) mass is 350 g/mol. The van der Waals surface area contributed by atoms with Gasteiger partial charge in [0.05, 0.1) is 0 Å². The van der Waals surface area contributed by atoms with Crippen LogP contribution in [0.25, 0.3) is 0 Å². The first kappa shape index (κ1) is 15.2. The van der Waals surface area contributed by atoms with Gasteiger partial charge in [0, 0.05) is 24.1 Å². The molecule has 7 heteroatoms. The zero-order valence-electron chi connectivity index (χ0n) is 11.2. The lowest BCUT2D eigenvalue weighted by atomic mass is 10.1. The Kier molecular flexibility index (Phi) is 4.70. The molecule has 1 N–H and O–H groups in total. The van der Waals surface area contributed by atoms with E-state index in [2.05, 4.69) is 26.3 Å². The molecular weight excluding hydrogens is 339 g/mol. The average molecular weight is 351 g/mol. The second kappa shape index (κ2) is 6.50. The number of nitrogens with one attached hydrogen (secondary N) is 1. The summed E-state index contributed by atoms with van der Waals surface area (Å²) >= 11 is 3.26. The van der Waals surface area contributed by atoms with Gasteiger partial charge in [0.25, 0.3) is 0 Å². The van der Waals surface area contributed by atoms with Gasteiger partial charge in [-0.15, -0.1) is 0 Å². The lowest BCUT2D eigenvalue weighted by Gasteiger charge is -2.05. The van der Waals surface area contributed by atoms with Gasteiger partial charge in [0.15, 0.2) is 5.82 Å². The number of anilines is 1. The summed E-state index contributed by atoms with van der Waals surface area (Å²) in [6.45, 7) is 0. The number of amides is 1. The fourth-order valence-electron chi connectivity index (χ4n) is 1.84. The van der Waals surface area contributed by atoms with Crippen molar-refractivity contribution in [1.29, 1.82) is 5.26 Å². The van der Waals surface area contributed by atoms with Crippen molar-refractivity contribution >= 4 is 27.7 Å². The van der Waals surface area contributed by atoms with Crippen molar-refractivity contribution in [3.8, 4) is 6.07 Å². The molecule has 1 heterocycles. The number of carbonyl (C=O) groups is 1. The summed E-state index contributed by atoms with van der Waals surface area (Å²) in [5, 5.41) is 15.5. The molecule has 1 aromatic heterocycles. The lowest BCUT2D eigenvalue weighted by Crippen LogP contribution is -2.14. The Labute approximate surface area is 129 Å². The predicted molar refractivity (Wildman–Crippen MR) is 79.0 cm³/mol. The van der Waals surface area contributed by atoms with Crippen LogP contribution in [-0.2, 0) is 18.3 Å². The Morgan fingerprint density at radius 2 is 2.33 bits per heavy atom. The minimum atomic E-state index is -0.346. The standard InChI is InChI=1S/C14H12BrFN4O/c1-20-8-10(7-17)14(19-20)18-13(21)5-2-9-6-11(15)3-4-12(9)16/h3-4,6,8H,2,5H2,1H3,(H,18,19,21). The number of rotatable bonds is 4. The maximum absolute atomic E-state index is 13.6. The first-order valence-corrected chi connectivity index (χ1v) is 6.96. The van der Waals surface area contributed by atoms with Crippen LogP contribution in [0.3, 0.4) is 0 Å². The van der Waals surface area contributed by atoms with Crippen LogP contribution in [0.5, 0.6) is 0 Å². The Morgan fingerprint density at radius 3 is 3.05 bits per heavy atom. The molecule has 0 atom stereocenters. The molecule has 1 amide bonds. The van der Waals surface area contributed by atoms with Crippen LogP contribution < -0.4 is 5.32 Å². The molecule has 108 valence electrons. The van der Waals surface area contributed by atoms with Crippen molar-refractivity contribution in [3.05, 3.63) is 45.8 Å². The normalized spacial score (nSPS) is 10.2. The summed E-state index contributed by atoms with van der Waals surface area (Å²) < 4.78 is 15.8. The summed E-state index contributed by atoms with van der Waals surface area (Å²) in [5.41, 5.74) is 0.750. The minimum Gasteiger partial charge on any atom is -0.308 e. The zero-order valence-corrected chi connectivity index (χ0v) is 12.8. The molecule has 0 radical (unpaired) electrons. The Morgan fingerprint density at radius 1 is 1.57 bits per heavy atom. The average Bonchev–Trinajstić information content (AvgIpc) is 2.79. The highest BCUT2D eigenvalue weighted by molar-refractivity contribution is 9.10. The Bertz CT molecular complexity index is 720. The molecule has 0 spiro atoms. The maximum atomic E-state index is 13.6. The summed E-state index contributed by atoms with van der Waals surface area (Å²) in [6.07, 6.45) is 1.89. The lowest BCUT2D eigenvalue weighted by molar-refractivity contribution is -0.116. The van der Waals surface area contributed by atoms with E-state index in [1.165, 1.54) is 16.9 Å². The van der Waals surface area contributed by atoms with Gasteiger partial charge in [0.1, 0.15) is 17.4 Å². The summed E-state index contributed by atoms with van der Waals surface area (Å²) in [6, 6.07) is 6.55. The third kappa shape index (κ3) is 3.89. The third-order valence-corrected chi connectivity index (χ3v) is 3.33. The van der Waals surface area contributed by atoms with Gasteiger partial charge in [-0.25, -0.2) is 4.39 Å².